The van der Waals surface area contributed by atoms with Gasteiger partial charge in [-0.2, -0.15) is 5.26 Å². The maximum atomic E-state index is 12.5. The third kappa shape index (κ3) is 5.11. The number of carbonyl (C=O) groups excluding carboxylic acids is 1. The van der Waals surface area contributed by atoms with E-state index in [4.69, 9.17) is 10.00 Å². The van der Waals surface area contributed by atoms with Crippen LogP contribution in [0.2, 0.25) is 0 Å². The fourth-order valence-electron chi connectivity index (χ4n) is 2.89. The number of amides is 1. The molecule has 2 aromatic heterocycles. The third-order valence-corrected chi connectivity index (χ3v) is 5.20. The van der Waals surface area contributed by atoms with Gasteiger partial charge in [0.25, 0.3) is 11.5 Å². The zero-order valence-electron chi connectivity index (χ0n) is 16.7. The molecule has 2 aromatic carbocycles. The molecule has 4 aromatic rings. The molecule has 0 fully saturated rings. The topological polar surface area (TPSA) is 149 Å². The van der Waals surface area contributed by atoms with Crippen molar-refractivity contribution in [3.8, 4) is 11.8 Å². The SMILES string of the molecule is N#Cc1ccc2nc(C(=O)NCc3cccc(OCCSc4nc[nH]n4)c3)[nH]c(=O)c2c1. The number of H-pyrrole nitrogens is 2. The van der Waals surface area contributed by atoms with Crippen molar-refractivity contribution in [1.82, 2.24) is 30.5 Å². The molecule has 11 heteroatoms. The maximum Gasteiger partial charge on any atom is 0.287 e. The highest BCUT2D eigenvalue weighted by Gasteiger charge is 2.12. The molecule has 0 atom stereocenters. The highest BCUT2D eigenvalue weighted by atomic mass is 32.2. The Kier molecular flexibility index (Phi) is 6.43. The normalized spacial score (nSPS) is 10.6. The molecular formula is C21H17N7O3S. The predicted octanol–water partition coefficient (Wildman–Crippen LogP) is 2.01. The first kappa shape index (κ1) is 21.1. The number of benzene rings is 2. The lowest BCUT2D eigenvalue weighted by Crippen LogP contribution is -2.27. The number of nitrogens with one attached hydrogen (secondary N) is 3. The summed E-state index contributed by atoms with van der Waals surface area (Å²) >= 11 is 1.48. The summed E-state index contributed by atoms with van der Waals surface area (Å²) in [7, 11) is 0. The van der Waals surface area contributed by atoms with E-state index in [0.29, 0.717) is 34.3 Å². The lowest BCUT2D eigenvalue weighted by molar-refractivity contribution is 0.0940. The van der Waals surface area contributed by atoms with Crippen molar-refractivity contribution in [3.05, 3.63) is 76.1 Å². The lowest BCUT2D eigenvalue weighted by Gasteiger charge is -2.09. The van der Waals surface area contributed by atoms with Gasteiger partial charge >= 0.3 is 0 Å². The van der Waals surface area contributed by atoms with Gasteiger partial charge in [0.15, 0.2) is 5.82 Å². The molecule has 160 valence electrons. The number of nitriles is 1. The quantitative estimate of drug-likeness (QED) is 0.274. The number of hydrogen-bond acceptors (Lipinski definition) is 8. The number of aromatic amines is 2. The number of aromatic nitrogens is 5. The summed E-state index contributed by atoms with van der Waals surface area (Å²) in [6, 6.07) is 13.9. The smallest absolute Gasteiger partial charge is 0.287 e. The van der Waals surface area contributed by atoms with Crippen molar-refractivity contribution < 1.29 is 9.53 Å². The molecule has 10 nitrogen and oxygen atoms in total. The molecular weight excluding hydrogens is 430 g/mol. The third-order valence-electron chi connectivity index (χ3n) is 4.38. The van der Waals surface area contributed by atoms with Crippen molar-refractivity contribution in [2.45, 2.75) is 11.7 Å². The Morgan fingerprint density at radius 3 is 2.97 bits per heavy atom. The Labute approximate surface area is 186 Å². The highest BCUT2D eigenvalue weighted by molar-refractivity contribution is 7.99. The van der Waals surface area contributed by atoms with Gasteiger partial charge in [0, 0.05) is 12.3 Å². The zero-order chi connectivity index (χ0) is 22.3. The lowest BCUT2D eigenvalue weighted by atomic mass is 10.1. The van der Waals surface area contributed by atoms with E-state index in [1.54, 1.807) is 12.1 Å². The molecule has 3 N–H and O–H groups in total. The first-order valence-corrected chi connectivity index (χ1v) is 10.5. The first-order valence-electron chi connectivity index (χ1n) is 9.55. The van der Waals surface area contributed by atoms with Crippen molar-refractivity contribution in [2.75, 3.05) is 12.4 Å². The van der Waals surface area contributed by atoms with Crippen molar-refractivity contribution >= 4 is 28.6 Å². The maximum absolute atomic E-state index is 12.5. The molecule has 0 aliphatic rings. The average molecular weight is 447 g/mol. The first-order chi connectivity index (χ1) is 15.6. The minimum absolute atomic E-state index is 0.0939. The second-order valence-corrected chi connectivity index (χ2v) is 7.63. The largest absolute Gasteiger partial charge is 0.493 e. The van der Waals surface area contributed by atoms with Gasteiger partial charge in [-0.3, -0.25) is 14.7 Å². The zero-order valence-corrected chi connectivity index (χ0v) is 17.5. The molecule has 32 heavy (non-hydrogen) atoms. The molecule has 0 aliphatic heterocycles. The van der Waals surface area contributed by atoms with E-state index >= 15 is 0 Å². The van der Waals surface area contributed by atoms with E-state index in [0.717, 1.165) is 5.56 Å². The summed E-state index contributed by atoms with van der Waals surface area (Å²) in [5.41, 5.74) is 1.05. The molecule has 4 rings (SSSR count). The van der Waals surface area contributed by atoms with Gasteiger partial charge in [-0.1, -0.05) is 23.9 Å². The Bertz CT molecular complexity index is 1350. The molecule has 0 radical (unpaired) electrons. The van der Waals surface area contributed by atoms with Crippen LogP contribution in [0.3, 0.4) is 0 Å². The van der Waals surface area contributed by atoms with Gasteiger partial charge in [-0.05, 0) is 35.9 Å². The van der Waals surface area contributed by atoms with Crippen molar-refractivity contribution in [1.29, 1.82) is 5.26 Å². The van der Waals surface area contributed by atoms with Crippen LogP contribution in [-0.4, -0.2) is 43.4 Å². The Hall–Kier alpha value is -4.17. The van der Waals surface area contributed by atoms with Crippen LogP contribution in [0.15, 0.2) is 58.7 Å². The van der Waals surface area contributed by atoms with Gasteiger partial charge in [0.1, 0.15) is 12.1 Å². The van der Waals surface area contributed by atoms with Gasteiger partial charge in [-0.25, -0.2) is 9.97 Å². The Balaban J connectivity index is 1.35. The van der Waals surface area contributed by atoms with Crippen LogP contribution < -0.4 is 15.6 Å². The van der Waals surface area contributed by atoms with E-state index in [1.807, 2.05) is 30.3 Å². The van der Waals surface area contributed by atoms with E-state index in [1.165, 1.54) is 24.2 Å². The molecule has 0 aliphatic carbocycles. The van der Waals surface area contributed by atoms with Crippen LogP contribution in [0.1, 0.15) is 21.7 Å². The minimum Gasteiger partial charge on any atom is -0.493 e. The van der Waals surface area contributed by atoms with Crippen LogP contribution in [0.4, 0.5) is 0 Å². The summed E-state index contributed by atoms with van der Waals surface area (Å²) in [5.74, 6) is 0.763. The van der Waals surface area contributed by atoms with E-state index in [-0.39, 0.29) is 17.8 Å². The fourth-order valence-corrected chi connectivity index (χ4v) is 3.48. The molecule has 0 unspecified atom stereocenters. The molecule has 0 saturated heterocycles. The van der Waals surface area contributed by atoms with Crippen molar-refractivity contribution in [2.24, 2.45) is 0 Å². The number of hydrogen-bond donors (Lipinski definition) is 3. The fraction of sp³-hybridized carbons (Fsp3) is 0.143. The van der Waals surface area contributed by atoms with Gasteiger partial charge < -0.3 is 15.0 Å². The summed E-state index contributed by atoms with van der Waals surface area (Å²) in [6.07, 6.45) is 1.52. The number of ether oxygens (including phenoxy) is 1. The molecule has 0 saturated carbocycles. The minimum atomic E-state index is -0.511. The Morgan fingerprint density at radius 1 is 1.25 bits per heavy atom. The second kappa shape index (κ2) is 9.76. The van der Waals surface area contributed by atoms with Crippen LogP contribution >= 0.6 is 11.8 Å². The van der Waals surface area contributed by atoms with Crippen LogP contribution in [0.5, 0.6) is 5.75 Å². The van der Waals surface area contributed by atoms with E-state index < -0.39 is 11.5 Å². The van der Waals surface area contributed by atoms with E-state index in [9.17, 15) is 9.59 Å². The molecule has 0 bridgehead atoms. The molecule has 2 heterocycles. The standard InChI is InChI=1S/C21H17N7O3S/c22-10-13-4-5-17-16(9-13)19(29)27-18(26-17)20(30)23-11-14-2-1-3-15(8-14)31-6-7-32-21-24-12-25-28-21/h1-5,8-9,12H,6-7,11H2,(H,23,30)(H,24,25,28)(H,26,27,29). The second-order valence-electron chi connectivity index (χ2n) is 6.57. The number of carbonyl (C=O) groups is 1. The number of rotatable bonds is 8. The van der Waals surface area contributed by atoms with E-state index in [2.05, 4.69) is 30.5 Å². The Morgan fingerprint density at radius 2 is 2.16 bits per heavy atom. The van der Waals surface area contributed by atoms with Gasteiger partial charge in [0.05, 0.1) is 29.1 Å². The number of thioether (sulfide) groups is 1. The van der Waals surface area contributed by atoms with Crippen LogP contribution in [-0.2, 0) is 6.54 Å². The van der Waals surface area contributed by atoms with Gasteiger partial charge in [0.2, 0.25) is 5.16 Å². The summed E-state index contributed by atoms with van der Waals surface area (Å²) in [4.78, 5) is 35.5. The summed E-state index contributed by atoms with van der Waals surface area (Å²) in [6.45, 7) is 0.710. The average Bonchev–Trinajstić information content (AvgIpc) is 3.34. The number of nitrogens with zero attached hydrogens (tertiary/aromatic N) is 4. The van der Waals surface area contributed by atoms with Crippen molar-refractivity contribution in [3.63, 3.8) is 0 Å². The van der Waals surface area contributed by atoms with Crippen LogP contribution in [0.25, 0.3) is 10.9 Å². The van der Waals surface area contributed by atoms with Gasteiger partial charge in [-0.15, -0.1) is 5.10 Å². The van der Waals surface area contributed by atoms with Crippen LogP contribution in [0, 0.1) is 11.3 Å². The summed E-state index contributed by atoms with van der Waals surface area (Å²) < 4.78 is 5.74. The highest BCUT2D eigenvalue weighted by Crippen LogP contribution is 2.16. The molecule has 0 spiro atoms. The predicted molar refractivity (Wildman–Crippen MR) is 117 cm³/mol. The summed E-state index contributed by atoms with van der Waals surface area (Å²) in [5, 5.41) is 19.2. The molecule has 1 amide bonds. The monoisotopic (exact) mass is 447 g/mol. The number of fused-ring (bicyclic) bond motifs is 1.